The van der Waals surface area contributed by atoms with Crippen LogP contribution in [-0.2, 0) is 4.84 Å². The Balaban J connectivity index is 2.27. The van der Waals surface area contributed by atoms with Gasteiger partial charge in [-0.1, -0.05) is 18.3 Å². The van der Waals surface area contributed by atoms with Gasteiger partial charge in [-0.05, 0) is 17.5 Å². The fourth-order valence-corrected chi connectivity index (χ4v) is 0.992. The molecule has 0 aliphatic rings. The number of hydrogen-bond acceptors (Lipinski definition) is 5. The fourth-order valence-electron chi connectivity index (χ4n) is 0.591. The molecule has 72 valence electrons. The summed E-state index contributed by atoms with van der Waals surface area (Å²) in [6.07, 6.45) is 1.40. The van der Waals surface area contributed by atoms with Crippen molar-refractivity contribution in [3.63, 3.8) is 0 Å². The van der Waals surface area contributed by atoms with Crippen LogP contribution >= 0.6 is 11.5 Å². The number of nitrogens with zero attached hydrogens (tertiary/aromatic N) is 2. The van der Waals surface area contributed by atoms with Crippen LogP contribution in [0, 0.1) is 5.92 Å². The SMILES string of the molecule is CC(C)CONC(=O)c1cnns1. The quantitative estimate of drug-likeness (QED) is 0.734. The third kappa shape index (κ3) is 3.47. The van der Waals surface area contributed by atoms with Crippen LogP contribution < -0.4 is 5.48 Å². The number of carbonyl (C=O) groups is 1. The van der Waals surface area contributed by atoms with Crippen LogP contribution in [0.15, 0.2) is 6.20 Å². The highest BCUT2D eigenvalue weighted by atomic mass is 32.1. The van der Waals surface area contributed by atoms with E-state index in [-0.39, 0.29) is 5.91 Å². The first-order valence-electron chi connectivity index (χ1n) is 3.89. The molecule has 1 rings (SSSR count). The molecule has 1 aromatic heterocycles. The van der Waals surface area contributed by atoms with Crippen molar-refractivity contribution in [2.24, 2.45) is 5.92 Å². The number of hydroxylamine groups is 1. The second-order valence-corrected chi connectivity index (χ2v) is 3.70. The van der Waals surface area contributed by atoms with E-state index >= 15 is 0 Å². The highest BCUT2D eigenvalue weighted by Crippen LogP contribution is 2.01. The second-order valence-electron chi connectivity index (χ2n) is 2.92. The van der Waals surface area contributed by atoms with Gasteiger partial charge in [0, 0.05) is 0 Å². The van der Waals surface area contributed by atoms with Crippen LogP contribution in [0.5, 0.6) is 0 Å². The Bertz CT molecular complexity index is 261. The smallest absolute Gasteiger partial charge is 0.273 e. The van der Waals surface area contributed by atoms with E-state index in [9.17, 15) is 4.79 Å². The molecular weight excluding hydrogens is 190 g/mol. The topological polar surface area (TPSA) is 64.1 Å². The third-order valence-corrected chi connectivity index (χ3v) is 1.83. The van der Waals surface area contributed by atoms with Crippen LogP contribution in [0.25, 0.3) is 0 Å². The van der Waals surface area contributed by atoms with E-state index in [2.05, 4.69) is 15.1 Å². The molecule has 0 saturated carbocycles. The van der Waals surface area contributed by atoms with Gasteiger partial charge in [-0.3, -0.25) is 9.63 Å². The molecule has 0 fully saturated rings. The van der Waals surface area contributed by atoms with Crippen LogP contribution in [0.3, 0.4) is 0 Å². The van der Waals surface area contributed by atoms with Gasteiger partial charge in [0.25, 0.3) is 5.91 Å². The van der Waals surface area contributed by atoms with E-state index in [0.29, 0.717) is 17.4 Å². The lowest BCUT2D eigenvalue weighted by Crippen LogP contribution is -2.24. The Morgan fingerprint density at radius 3 is 3.08 bits per heavy atom. The molecule has 0 saturated heterocycles. The van der Waals surface area contributed by atoms with Crippen molar-refractivity contribution >= 4 is 17.4 Å². The Labute approximate surface area is 80.2 Å². The zero-order valence-electron chi connectivity index (χ0n) is 7.48. The largest absolute Gasteiger partial charge is 0.288 e. The monoisotopic (exact) mass is 201 g/mol. The molecule has 0 spiro atoms. The lowest BCUT2D eigenvalue weighted by atomic mass is 10.2. The molecule has 1 heterocycles. The molecular formula is C7H11N3O2S. The van der Waals surface area contributed by atoms with Crippen molar-refractivity contribution in [1.29, 1.82) is 0 Å². The van der Waals surface area contributed by atoms with Crippen molar-refractivity contribution in [2.75, 3.05) is 6.61 Å². The lowest BCUT2D eigenvalue weighted by Gasteiger charge is -2.05. The van der Waals surface area contributed by atoms with Gasteiger partial charge in [-0.2, -0.15) is 0 Å². The minimum absolute atomic E-state index is 0.296. The van der Waals surface area contributed by atoms with E-state index in [1.807, 2.05) is 13.8 Å². The molecule has 0 radical (unpaired) electrons. The summed E-state index contributed by atoms with van der Waals surface area (Å²) in [5, 5.41) is 3.54. The van der Waals surface area contributed by atoms with Gasteiger partial charge in [0.15, 0.2) is 0 Å². The first kappa shape index (κ1) is 10.1. The van der Waals surface area contributed by atoms with Crippen molar-refractivity contribution < 1.29 is 9.63 Å². The lowest BCUT2D eigenvalue weighted by molar-refractivity contribution is 0.0212. The van der Waals surface area contributed by atoms with E-state index in [1.165, 1.54) is 6.20 Å². The molecule has 0 bridgehead atoms. The van der Waals surface area contributed by atoms with Gasteiger partial charge in [-0.15, -0.1) is 5.10 Å². The number of amides is 1. The zero-order chi connectivity index (χ0) is 9.68. The Morgan fingerprint density at radius 2 is 2.54 bits per heavy atom. The Kier molecular flexibility index (Phi) is 3.78. The highest BCUT2D eigenvalue weighted by molar-refractivity contribution is 7.07. The molecule has 0 aromatic carbocycles. The van der Waals surface area contributed by atoms with E-state index < -0.39 is 0 Å². The summed E-state index contributed by atoms with van der Waals surface area (Å²) >= 11 is 1.04. The molecule has 0 atom stereocenters. The predicted molar refractivity (Wildman–Crippen MR) is 48.2 cm³/mol. The third-order valence-electron chi connectivity index (χ3n) is 1.17. The number of carbonyl (C=O) groups excluding carboxylic acids is 1. The average molecular weight is 201 g/mol. The van der Waals surface area contributed by atoms with Crippen molar-refractivity contribution in [2.45, 2.75) is 13.8 Å². The van der Waals surface area contributed by atoms with E-state index in [4.69, 9.17) is 4.84 Å². The maximum Gasteiger partial charge on any atom is 0.288 e. The van der Waals surface area contributed by atoms with Gasteiger partial charge < -0.3 is 0 Å². The second kappa shape index (κ2) is 4.88. The molecule has 13 heavy (non-hydrogen) atoms. The highest BCUT2D eigenvalue weighted by Gasteiger charge is 2.07. The summed E-state index contributed by atoms with van der Waals surface area (Å²) in [7, 11) is 0. The van der Waals surface area contributed by atoms with Crippen LogP contribution in [-0.4, -0.2) is 22.1 Å². The predicted octanol–water partition coefficient (Wildman–Crippen LogP) is 0.855. The summed E-state index contributed by atoms with van der Waals surface area (Å²) in [5.41, 5.74) is 2.31. The van der Waals surface area contributed by atoms with Gasteiger partial charge in [0.1, 0.15) is 4.88 Å². The molecule has 5 nitrogen and oxygen atoms in total. The maximum atomic E-state index is 11.2. The first-order chi connectivity index (χ1) is 6.20. The van der Waals surface area contributed by atoms with Crippen molar-refractivity contribution in [3.05, 3.63) is 11.1 Å². The number of hydrogen-bond donors (Lipinski definition) is 1. The summed E-state index contributed by atoms with van der Waals surface area (Å²) in [5.74, 6) is 0.0931. The van der Waals surface area contributed by atoms with Crippen molar-refractivity contribution in [1.82, 2.24) is 15.1 Å². The maximum absolute atomic E-state index is 11.2. The minimum atomic E-state index is -0.296. The van der Waals surface area contributed by atoms with Crippen LogP contribution in [0.2, 0.25) is 0 Å². The van der Waals surface area contributed by atoms with E-state index in [0.717, 1.165) is 11.5 Å². The summed E-state index contributed by atoms with van der Waals surface area (Å²) in [6, 6.07) is 0. The summed E-state index contributed by atoms with van der Waals surface area (Å²) in [4.78, 5) is 16.6. The number of nitrogens with one attached hydrogen (secondary N) is 1. The zero-order valence-corrected chi connectivity index (χ0v) is 8.30. The fraction of sp³-hybridized carbons (Fsp3) is 0.571. The number of aromatic nitrogens is 2. The minimum Gasteiger partial charge on any atom is -0.273 e. The van der Waals surface area contributed by atoms with Crippen LogP contribution in [0.1, 0.15) is 23.5 Å². The van der Waals surface area contributed by atoms with Crippen molar-refractivity contribution in [3.8, 4) is 0 Å². The standard InChI is InChI=1S/C7H11N3O2S/c1-5(2)4-12-9-7(11)6-3-8-10-13-6/h3,5H,4H2,1-2H3,(H,9,11). The molecule has 6 heteroatoms. The van der Waals surface area contributed by atoms with Gasteiger partial charge in [0.2, 0.25) is 0 Å². The molecule has 1 aromatic rings. The Hall–Kier alpha value is -1.01. The van der Waals surface area contributed by atoms with Gasteiger partial charge in [0.05, 0.1) is 12.8 Å². The molecule has 0 aliphatic heterocycles. The summed E-state index contributed by atoms with van der Waals surface area (Å²) < 4.78 is 3.56. The molecule has 0 aliphatic carbocycles. The molecule has 1 amide bonds. The number of rotatable bonds is 4. The molecule has 1 N–H and O–H groups in total. The average Bonchev–Trinajstić information content (AvgIpc) is 2.55. The van der Waals surface area contributed by atoms with Crippen LogP contribution in [0.4, 0.5) is 0 Å². The van der Waals surface area contributed by atoms with Gasteiger partial charge in [-0.25, -0.2) is 5.48 Å². The normalized spacial score (nSPS) is 10.4. The van der Waals surface area contributed by atoms with E-state index in [1.54, 1.807) is 0 Å². The molecule has 0 unspecified atom stereocenters. The first-order valence-corrected chi connectivity index (χ1v) is 4.67. The Morgan fingerprint density at radius 1 is 1.77 bits per heavy atom. The summed E-state index contributed by atoms with van der Waals surface area (Å²) in [6.45, 7) is 4.50. The van der Waals surface area contributed by atoms with Gasteiger partial charge >= 0.3 is 0 Å².